The van der Waals surface area contributed by atoms with Crippen molar-refractivity contribution in [3.8, 4) is 0 Å². The van der Waals surface area contributed by atoms with Crippen molar-refractivity contribution in [2.24, 2.45) is 5.92 Å². The topological polar surface area (TPSA) is 93.8 Å². The lowest BCUT2D eigenvalue weighted by molar-refractivity contribution is -0.130. The van der Waals surface area contributed by atoms with E-state index in [1.54, 1.807) is 0 Å². The number of rotatable bonds is 8. The lowest BCUT2D eigenvalue weighted by atomic mass is 9.87. The molecule has 1 aromatic rings. The number of carbonyl (C=O) groups is 3. The van der Waals surface area contributed by atoms with Crippen LogP contribution in [0.5, 0.6) is 0 Å². The number of hydrogen-bond donors (Lipinski definition) is 3. The second-order valence-corrected chi connectivity index (χ2v) is 8.50. The molecule has 2 aliphatic rings. The third kappa shape index (κ3) is 8.20. The second-order valence-electron chi connectivity index (χ2n) is 8.50. The predicted octanol–water partition coefficient (Wildman–Crippen LogP) is 1.43. The predicted molar refractivity (Wildman–Crippen MR) is 120 cm³/mol. The van der Waals surface area contributed by atoms with Crippen LogP contribution in [0.25, 0.3) is 0 Å². The molecule has 1 saturated heterocycles. The van der Waals surface area contributed by atoms with Gasteiger partial charge in [0.2, 0.25) is 11.8 Å². The fraction of sp³-hybridized carbons (Fsp3) is 0.609. The largest absolute Gasteiger partial charge is 0.369 e. The van der Waals surface area contributed by atoms with E-state index in [2.05, 4.69) is 38.1 Å². The van der Waals surface area contributed by atoms with E-state index in [4.69, 9.17) is 0 Å². The molecule has 3 amide bonds. The van der Waals surface area contributed by atoms with Crippen LogP contribution >= 0.6 is 0 Å². The number of nitrogens with one attached hydrogen (secondary N) is 3. The van der Waals surface area contributed by atoms with Gasteiger partial charge in [0.15, 0.2) is 0 Å². The van der Waals surface area contributed by atoms with Crippen LogP contribution in [0.2, 0.25) is 0 Å². The maximum atomic E-state index is 12.0. The number of carbonyl (C=O) groups excluding carboxylic acids is 3. The summed E-state index contributed by atoms with van der Waals surface area (Å²) in [5.41, 5.74) is 6.04. The van der Waals surface area contributed by atoms with E-state index in [1.807, 2.05) is 18.2 Å². The molecule has 0 atom stereocenters. The number of piperazine rings is 1. The molecule has 0 aromatic heterocycles. The number of benzene rings is 1. The van der Waals surface area contributed by atoms with Gasteiger partial charge in [-0.1, -0.05) is 37.5 Å². The van der Waals surface area contributed by atoms with E-state index in [-0.39, 0.29) is 18.4 Å². The lowest BCUT2D eigenvalue weighted by Gasteiger charge is -2.36. The number of hydrazine groups is 1. The van der Waals surface area contributed by atoms with Crippen molar-refractivity contribution in [2.45, 2.75) is 44.9 Å². The highest BCUT2D eigenvalue weighted by Crippen LogP contribution is 2.25. The van der Waals surface area contributed by atoms with Crippen molar-refractivity contribution in [3.05, 3.63) is 30.3 Å². The van der Waals surface area contributed by atoms with Crippen LogP contribution in [0.1, 0.15) is 44.9 Å². The van der Waals surface area contributed by atoms with E-state index in [0.717, 1.165) is 39.0 Å². The van der Waals surface area contributed by atoms with Crippen molar-refractivity contribution >= 4 is 23.4 Å². The van der Waals surface area contributed by atoms with Gasteiger partial charge in [-0.05, 0) is 30.9 Å². The fourth-order valence-corrected chi connectivity index (χ4v) is 4.28. The molecular formula is C23H35N5O3. The molecule has 0 radical (unpaired) electrons. The average molecular weight is 430 g/mol. The molecule has 0 spiro atoms. The summed E-state index contributed by atoms with van der Waals surface area (Å²) in [5, 5.41) is 2.64. The molecule has 8 heteroatoms. The van der Waals surface area contributed by atoms with Crippen LogP contribution in [0, 0.1) is 5.92 Å². The zero-order chi connectivity index (χ0) is 21.9. The van der Waals surface area contributed by atoms with Gasteiger partial charge in [0.1, 0.15) is 0 Å². The molecule has 1 aliphatic carbocycles. The van der Waals surface area contributed by atoms with E-state index < -0.39 is 5.91 Å². The zero-order valence-electron chi connectivity index (χ0n) is 18.3. The van der Waals surface area contributed by atoms with Crippen LogP contribution < -0.4 is 21.1 Å². The molecule has 0 unspecified atom stereocenters. The first-order valence-corrected chi connectivity index (χ1v) is 11.5. The van der Waals surface area contributed by atoms with Crippen molar-refractivity contribution in [1.82, 2.24) is 21.1 Å². The molecule has 3 rings (SSSR count). The Labute approximate surface area is 184 Å². The Morgan fingerprint density at radius 2 is 1.52 bits per heavy atom. The van der Waals surface area contributed by atoms with Crippen molar-refractivity contribution in [3.63, 3.8) is 0 Å². The first-order valence-electron chi connectivity index (χ1n) is 11.5. The number of para-hydroxylation sites is 1. The summed E-state index contributed by atoms with van der Waals surface area (Å²) in [4.78, 5) is 40.5. The Hall–Kier alpha value is -2.61. The normalized spacial score (nSPS) is 17.7. The molecule has 31 heavy (non-hydrogen) atoms. The van der Waals surface area contributed by atoms with E-state index in [0.29, 0.717) is 25.3 Å². The standard InChI is InChI=1S/C23H35N5O3/c29-21(11-12-27-13-15-28(16-14-27)20-9-5-2-6-10-20)25-26-23(31)18-24-22(30)17-19-7-3-1-4-8-19/h2,5-6,9-10,19H,1,3-4,7-8,11-18H2,(H,24,30)(H,25,29)(H,26,31). The summed E-state index contributed by atoms with van der Waals surface area (Å²) >= 11 is 0. The van der Waals surface area contributed by atoms with Crippen molar-refractivity contribution in [1.29, 1.82) is 0 Å². The minimum Gasteiger partial charge on any atom is -0.369 e. The number of nitrogens with zero attached hydrogens (tertiary/aromatic N) is 2. The Bertz CT molecular complexity index is 713. The van der Waals surface area contributed by atoms with Crippen molar-refractivity contribution < 1.29 is 14.4 Å². The van der Waals surface area contributed by atoms with Gasteiger partial charge < -0.3 is 10.2 Å². The molecule has 1 heterocycles. The third-order valence-electron chi connectivity index (χ3n) is 6.13. The number of hydrogen-bond acceptors (Lipinski definition) is 5. The molecule has 8 nitrogen and oxygen atoms in total. The minimum atomic E-state index is -0.415. The molecule has 170 valence electrons. The first kappa shape index (κ1) is 23.1. The lowest BCUT2D eigenvalue weighted by Crippen LogP contribution is -2.49. The smallest absolute Gasteiger partial charge is 0.257 e. The summed E-state index contributed by atoms with van der Waals surface area (Å²) in [7, 11) is 0. The molecule has 1 aromatic carbocycles. The average Bonchev–Trinajstić information content (AvgIpc) is 2.81. The van der Waals surface area contributed by atoms with Crippen LogP contribution in [-0.2, 0) is 14.4 Å². The van der Waals surface area contributed by atoms with Crippen molar-refractivity contribution in [2.75, 3.05) is 44.2 Å². The molecule has 3 N–H and O–H groups in total. The maximum absolute atomic E-state index is 12.0. The molecular weight excluding hydrogens is 394 g/mol. The molecule has 1 aliphatic heterocycles. The van der Waals surface area contributed by atoms with Gasteiger partial charge in [-0.2, -0.15) is 0 Å². The van der Waals surface area contributed by atoms with Gasteiger partial charge in [0, 0.05) is 51.3 Å². The highest BCUT2D eigenvalue weighted by molar-refractivity contribution is 5.86. The van der Waals surface area contributed by atoms with E-state index >= 15 is 0 Å². The quantitative estimate of drug-likeness (QED) is 0.544. The second kappa shape index (κ2) is 12.3. The number of amides is 3. The molecule has 1 saturated carbocycles. The van der Waals surface area contributed by atoms with E-state index in [9.17, 15) is 14.4 Å². The summed E-state index contributed by atoms with van der Waals surface area (Å²) in [6, 6.07) is 10.3. The Balaban J connectivity index is 1.23. The Morgan fingerprint density at radius 3 is 2.23 bits per heavy atom. The SMILES string of the molecule is O=C(CC1CCCCC1)NCC(=O)NNC(=O)CCN1CCN(c2ccccc2)CC1. The summed E-state index contributed by atoms with van der Waals surface area (Å²) in [6.45, 7) is 4.21. The highest BCUT2D eigenvalue weighted by atomic mass is 16.2. The maximum Gasteiger partial charge on any atom is 0.257 e. The monoisotopic (exact) mass is 429 g/mol. The fourth-order valence-electron chi connectivity index (χ4n) is 4.28. The third-order valence-corrected chi connectivity index (χ3v) is 6.13. The molecule has 2 fully saturated rings. The summed E-state index contributed by atoms with van der Waals surface area (Å²) < 4.78 is 0. The van der Waals surface area contributed by atoms with Gasteiger partial charge >= 0.3 is 0 Å². The summed E-state index contributed by atoms with van der Waals surface area (Å²) in [6.07, 6.45) is 6.62. The van der Waals surface area contributed by atoms with Gasteiger partial charge in [0.05, 0.1) is 6.54 Å². The van der Waals surface area contributed by atoms with Crippen LogP contribution in [0.3, 0.4) is 0 Å². The van der Waals surface area contributed by atoms with Gasteiger partial charge in [-0.25, -0.2) is 0 Å². The number of anilines is 1. The highest BCUT2D eigenvalue weighted by Gasteiger charge is 2.19. The molecule has 0 bridgehead atoms. The Kier molecular flexibility index (Phi) is 9.15. The Morgan fingerprint density at radius 1 is 0.839 bits per heavy atom. The van der Waals surface area contributed by atoms with Gasteiger partial charge in [-0.15, -0.1) is 0 Å². The minimum absolute atomic E-state index is 0.0944. The van der Waals surface area contributed by atoms with Crippen LogP contribution in [0.15, 0.2) is 30.3 Å². The van der Waals surface area contributed by atoms with E-state index in [1.165, 1.54) is 24.9 Å². The van der Waals surface area contributed by atoms with Gasteiger partial charge in [-0.3, -0.25) is 30.1 Å². The zero-order valence-corrected chi connectivity index (χ0v) is 18.3. The first-order chi connectivity index (χ1) is 15.1. The van der Waals surface area contributed by atoms with Crippen LogP contribution in [-0.4, -0.2) is 61.9 Å². The summed E-state index contributed by atoms with van der Waals surface area (Å²) in [5.74, 6) is -0.303. The van der Waals surface area contributed by atoms with Gasteiger partial charge in [0.25, 0.3) is 5.91 Å². The van der Waals surface area contributed by atoms with Crippen LogP contribution in [0.4, 0.5) is 5.69 Å².